The minimum atomic E-state index is -0.999. The maximum atomic E-state index is 12.5. The number of benzene rings is 1. The molecule has 1 aromatic carbocycles. The molecule has 0 atom stereocenters. The number of nitrogens with zero attached hydrogens (tertiary/aromatic N) is 2. The van der Waals surface area contributed by atoms with Crippen LogP contribution in [-0.2, 0) is 20.8 Å². The fourth-order valence-electron chi connectivity index (χ4n) is 2.24. The molecular weight excluding hydrogens is 406 g/mol. The summed E-state index contributed by atoms with van der Waals surface area (Å²) in [6, 6.07) is 9.36. The highest BCUT2D eigenvalue weighted by molar-refractivity contribution is 8.26. The Morgan fingerprint density at radius 3 is 2.74 bits per heavy atom. The number of nitrogens with one attached hydrogen (secondary N) is 1. The summed E-state index contributed by atoms with van der Waals surface area (Å²) in [6.07, 6.45) is 1.52. The number of rotatable bonds is 6. The van der Waals surface area contributed by atoms with Crippen molar-refractivity contribution >= 4 is 68.6 Å². The van der Waals surface area contributed by atoms with E-state index in [1.54, 1.807) is 11.5 Å². The number of aliphatic carboxylic acids is 1. The predicted molar refractivity (Wildman–Crippen MR) is 108 cm³/mol. The summed E-state index contributed by atoms with van der Waals surface area (Å²) in [5.41, 5.74) is 1.23. The topological polar surface area (TPSA) is 99.6 Å². The number of carbonyl (C=O) groups is 3. The second kappa shape index (κ2) is 8.42. The van der Waals surface area contributed by atoms with Gasteiger partial charge in [-0.15, -0.1) is 11.3 Å². The molecule has 1 fully saturated rings. The van der Waals surface area contributed by atoms with Gasteiger partial charge in [0.2, 0.25) is 5.91 Å². The Morgan fingerprint density at radius 2 is 2.04 bits per heavy atom. The van der Waals surface area contributed by atoms with Gasteiger partial charge in [0, 0.05) is 5.38 Å². The predicted octanol–water partition coefficient (Wildman–Crippen LogP) is 2.61. The van der Waals surface area contributed by atoms with E-state index in [9.17, 15) is 14.4 Å². The molecule has 0 unspecified atom stereocenters. The van der Waals surface area contributed by atoms with Crippen molar-refractivity contribution in [3.63, 3.8) is 0 Å². The molecule has 2 aromatic rings. The highest BCUT2D eigenvalue weighted by atomic mass is 32.2. The van der Waals surface area contributed by atoms with Crippen LogP contribution in [0.3, 0.4) is 0 Å². The molecule has 0 aliphatic carbocycles. The fraction of sp³-hybridized carbons (Fsp3) is 0.118. The molecule has 2 heterocycles. The Kier molecular flexibility index (Phi) is 5.99. The molecule has 7 nitrogen and oxygen atoms in total. The lowest BCUT2D eigenvalue weighted by atomic mass is 10.2. The van der Waals surface area contributed by atoms with Gasteiger partial charge in [0.1, 0.15) is 10.9 Å². The Hall–Kier alpha value is -2.56. The van der Waals surface area contributed by atoms with E-state index in [0.717, 1.165) is 28.7 Å². The van der Waals surface area contributed by atoms with Gasteiger partial charge in [0.05, 0.1) is 17.0 Å². The van der Waals surface area contributed by atoms with Gasteiger partial charge in [-0.1, -0.05) is 54.3 Å². The number of hydrogen-bond acceptors (Lipinski definition) is 7. The van der Waals surface area contributed by atoms with Crippen molar-refractivity contribution in [2.24, 2.45) is 0 Å². The van der Waals surface area contributed by atoms with Gasteiger partial charge >= 0.3 is 5.97 Å². The number of carboxylic acid groups (broad SMARTS) is 1. The zero-order chi connectivity index (χ0) is 19.4. The number of anilines is 1. The van der Waals surface area contributed by atoms with E-state index in [-0.39, 0.29) is 24.0 Å². The number of thioether (sulfide) groups is 1. The van der Waals surface area contributed by atoms with Gasteiger partial charge in [-0.2, -0.15) is 0 Å². The van der Waals surface area contributed by atoms with Crippen LogP contribution in [0.25, 0.3) is 6.08 Å². The standard InChI is InChI=1S/C17H13N3O4S3/c21-13(19-16-18-11(9-26-16)7-14(22)23)8-20-15(24)12(27-17(20)25)6-10-4-2-1-3-5-10/h1-6,9H,7-8H2,(H,22,23)(H,18,19,21)/b12-6-. The third-order valence-corrected chi connectivity index (χ3v) is 5.59. The van der Waals surface area contributed by atoms with E-state index >= 15 is 0 Å². The van der Waals surface area contributed by atoms with E-state index in [4.69, 9.17) is 17.3 Å². The molecule has 2 N–H and O–H groups in total. The largest absolute Gasteiger partial charge is 0.481 e. The number of thiazole rings is 1. The van der Waals surface area contributed by atoms with Crippen molar-refractivity contribution in [1.29, 1.82) is 0 Å². The lowest BCUT2D eigenvalue weighted by molar-refractivity contribution is -0.136. The van der Waals surface area contributed by atoms with Crippen LogP contribution in [0.4, 0.5) is 5.13 Å². The van der Waals surface area contributed by atoms with Gasteiger partial charge in [-0.05, 0) is 11.6 Å². The molecule has 1 aliphatic heterocycles. The summed E-state index contributed by atoms with van der Waals surface area (Å²) in [5.74, 6) is -1.78. The third-order valence-electron chi connectivity index (χ3n) is 3.40. The van der Waals surface area contributed by atoms with E-state index in [1.807, 2.05) is 30.3 Å². The first-order chi connectivity index (χ1) is 12.9. The molecule has 10 heteroatoms. The molecule has 1 saturated heterocycles. The smallest absolute Gasteiger partial charge is 0.309 e. The fourth-order valence-corrected chi connectivity index (χ4v) is 4.22. The van der Waals surface area contributed by atoms with E-state index in [0.29, 0.717) is 14.9 Å². The Balaban J connectivity index is 1.63. The van der Waals surface area contributed by atoms with Crippen LogP contribution in [-0.4, -0.2) is 43.6 Å². The summed E-state index contributed by atoms with van der Waals surface area (Å²) in [5, 5.41) is 13.1. The SMILES string of the molecule is O=C(O)Cc1csc(NC(=O)CN2C(=O)/C(=C/c3ccccc3)SC2=S)n1. The van der Waals surface area contributed by atoms with Gasteiger partial charge in [-0.25, -0.2) is 4.98 Å². The highest BCUT2D eigenvalue weighted by Gasteiger charge is 2.33. The Labute approximate surface area is 168 Å². The summed E-state index contributed by atoms with van der Waals surface area (Å²) in [7, 11) is 0. The second-order valence-electron chi connectivity index (χ2n) is 5.44. The molecule has 1 aliphatic rings. The number of aromatic nitrogens is 1. The number of carbonyl (C=O) groups excluding carboxylic acids is 2. The molecule has 0 spiro atoms. The average molecular weight is 420 g/mol. The molecule has 0 radical (unpaired) electrons. The number of amides is 2. The average Bonchev–Trinajstić information content (AvgIpc) is 3.14. The molecule has 138 valence electrons. The van der Waals surface area contributed by atoms with Crippen LogP contribution in [0.5, 0.6) is 0 Å². The Bertz CT molecular complexity index is 940. The maximum Gasteiger partial charge on any atom is 0.309 e. The van der Waals surface area contributed by atoms with Crippen molar-refractivity contribution in [3.8, 4) is 0 Å². The Morgan fingerprint density at radius 1 is 1.30 bits per heavy atom. The lowest BCUT2D eigenvalue weighted by Gasteiger charge is -2.13. The number of thiocarbonyl (C=S) groups is 1. The quantitative estimate of drug-likeness (QED) is 0.548. The highest BCUT2D eigenvalue weighted by Crippen LogP contribution is 2.32. The van der Waals surface area contributed by atoms with Gasteiger partial charge in [0.15, 0.2) is 5.13 Å². The van der Waals surface area contributed by atoms with Gasteiger partial charge < -0.3 is 10.4 Å². The zero-order valence-electron chi connectivity index (χ0n) is 13.7. The first-order valence-electron chi connectivity index (χ1n) is 7.69. The van der Waals surface area contributed by atoms with Crippen molar-refractivity contribution in [1.82, 2.24) is 9.88 Å². The molecule has 1 aromatic heterocycles. The van der Waals surface area contributed by atoms with Crippen LogP contribution in [0.2, 0.25) is 0 Å². The summed E-state index contributed by atoms with van der Waals surface area (Å²) in [4.78, 5) is 41.1. The lowest BCUT2D eigenvalue weighted by Crippen LogP contribution is -2.36. The van der Waals surface area contributed by atoms with Crippen LogP contribution in [0, 0.1) is 0 Å². The molecule has 0 saturated carbocycles. The van der Waals surface area contributed by atoms with E-state index < -0.39 is 11.9 Å². The maximum absolute atomic E-state index is 12.5. The van der Waals surface area contributed by atoms with E-state index in [2.05, 4.69) is 10.3 Å². The van der Waals surface area contributed by atoms with E-state index in [1.165, 1.54) is 4.90 Å². The van der Waals surface area contributed by atoms with Crippen molar-refractivity contribution in [2.45, 2.75) is 6.42 Å². The van der Waals surface area contributed by atoms with Crippen LogP contribution in [0.1, 0.15) is 11.3 Å². The van der Waals surface area contributed by atoms with Crippen LogP contribution in [0.15, 0.2) is 40.6 Å². The normalized spacial score (nSPS) is 15.4. The molecule has 0 bridgehead atoms. The minimum Gasteiger partial charge on any atom is -0.481 e. The van der Waals surface area contributed by atoms with Crippen molar-refractivity contribution in [2.75, 3.05) is 11.9 Å². The van der Waals surface area contributed by atoms with Crippen molar-refractivity contribution < 1.29 is 19.5 Å². The third kappa shape index (κ3) is 5.00. The minimum absolute atomic E-state index is 0.217. The zero-order valence-corrected chi connectivity index (χ0v) is 16.2. The van der Waals surface area contributed by atoms with Gasteiger partial charge in [-0.3, -0.25) is 19.3 Å². The summed E-state index contributed by atoms with van der Waals surface area (Å²) < 4.78 is 0.308. The van der Waals surface area contributed by atoms with Crippen LogP contribution < -0.4 is 5.32 Å². The van der Waals surface area contributed by atoms with Gasteiger partial charge in [0.25, 0.3) is 5.91 Å². The summed E-state index contributed by atoms with van der Waals surface area (Å²) >= 11 is 7.48. The monoisotopic (exact) mass is 419 g/mol. The first kappa shape index (κ1) is 19.2. The molecule has 2 amide bonds. The molecule has 27 heavy (non-hydrogen) atoms. The molecule has 3 rings (SSSR count). The molecular formula is C17H13N3O4S3. The first-order valence-corrected chi connectivity index (χ1v) is 9.79. The summed E-state index contributed by atoms with van der Waals surface area (Å²) in [6.45, 7) is -0.232. The number of hydrogen-bond donors (Lipinski definition) is 2. The second-order valence-corrected chi connectivity index (χ2v) is 7.98. The number of carboxylic acids is 1. The van der Waals surface area contributed by atoms with Crippen LogP contribution >= 0.6 is 35.3 Å². The van der Waals surface area contributed by atoms with Crippen molar-refractivity contribution in [3.05, 3.63) is 51.9 Å².